The maximum Gasteiger partial charge on any atom is 0.306 e. The molecule has 24 heavy (non-hydrogen) atoms. The Balaban J connectivity index is 0.00000529. The van der Waals surface area contributed by atoms with Gasteiger partial charge in [0.1, 0.15) is 12.4 Å². The second-order valence-corrected chi connectivity index (χ2v) is 7.83. The van der Waals surface area contributed by atoms with Crippen LogP contribution in [-0.2, 0) is 14.3 Å². The third-order valence-corrected chi connectivity index (χ3v) is 5.25. The van der Waals surface area contributed by atoms with Gasteiger partial charge in [-0.15, -0.1) is 24.0 Å². The molecule has 1 rings (SSSR count). The topological polar surface area (TPSA) is 43.4 Å². The Bertz CT molecular complexity index is 479. The van der Waals surface area contributed by atoms with Crippen LogP contribution in [0.25, 0.3) is 0 Å². The molecule has 1 aliphatic heterocycles. The molecule has 0 aromatic rings. The molecule has 0 saturated carbocycles. The number of carbonyl (C=O) groups is 2. The van der Waals surface area contributed by atoms with Gasteiger partial charge >= 0.3 is 5.97 Å². The molecule has 0 aliphatic carbocycles. The third-order valence-electron chi connectivity index (χ3n) is 5.25. The number of allylic oxidation sites excluding steroid dienone is 2. The van der Waals surface area contributed by atoms with E-state index in [1.807, 2.05) is 13.8 Å². The Hall–Kier alpha value is -0.650. The average Bonchev–Trinajstić information content (AvgIpc) is 2.47. The van der Waals surface area contributed by atoms with E-state index < -0.39 is 0 Å². The summed E-state index contributed by atoms with van der Waals surface area (Å²) in [7, 11) is 0. The van der Waals surface area contributed by atoms with Crippen molar-refractivity contribution < 1.29 is 14.3 Å². The first-order valence-corrected chi connectivity index (χ1v) is 8.67. The van der Waals surface area contributed by atoms with Crippen LogP contribution >= 0.6 is 24.0 Å². The van der Waals surface area contributed by atoms with Crippen LogP contribution in [0.15, 0.2) is 23.8 Å². The maximum absolute atomic E-state index is 12.2. The van der Waals surface area contributed by atoms with Crippen LogP contribution in [0, 0.1) is 23.2 Å². The van der Waals surface area contributed by atoms with Crippen LogP contribution in [0.3, 0.4) is 0 Å². The Labute approximate surface area is 164 Å². The van der Waals surface area contributed by atoms with Gasteiger partial charge in [0.25, 0.3) is 0 Å². The zero-order valence-corrected chi connectivity index (χ0v) is 18.2. The number of aldehydes is 1. The van der Waals surface area contributed by atoms with Gasteiger partial charge in [-0.1, -0.05) is 46.8 Å². The molecule has 4 unspecified atom stereocenters. The number of hydrogen-bond donors (Lipinski definition) is 0. The molecular weight excluding hydrogens is 415 g/mol. The lowest BCUT2D eigenvalue weighted by atomic mass is 9.74. The molecule has 0 spiro atoms. The molecule has 0 aromatic carbocycles. The lowest BCUT2D eigenvalue weighted by molar-refractivity contribution is -0.150. The van der Waals surface area contributed by atoms with Crippen LogP contribution in [0.2, 0.25) is 0 Å². The van der Waals surface area contributed by atoms with Crippen LogP contribution in [-0.4, -0.2) is 18.4 Å². The van der Waals surface area contributed by atoms with E-state index >= 15 is 0 Å². The summed E-state index contributed by atoms with van der Waals surface area (Å²) >= 11 is 0. The van der Waals surface area contributed by atoms with E-state index in [9.17, 15) is 9.59 Å². The largest absolute Gasteiger partial charge is 0.457 e. The zero-order chi connectivity index (χ0) is 17.6. The van der Waals surface area contributed by atoms with Gasteiger partial charge in [-0.05, 0) is 48.7 Å². The van der Waals surface area contributed by atoms with Gasteiger partial charge in [0.05, 0.1) is 0 Å². The zero-order valence-electron chi connectivity index (χ0n) is 15.9. The number of esters is 1. The van der Waals surface area contributed by atoms with Crippen molar-refractivity contribution in [2.45, 2.75) is 66.9 Å². The SMILES string of the molecule is C/C(=C\C=O)C1OC(=O)CC(C)CCC(C)(C)C(C)/C=C/C1C.I. The Morgan fingerprint density at radius 3 is 2.46 bits per heavy atom. The molecule has 0 aromatic heterocycles. The third kappa shape index (κ3) is 7.08. The minimum Gasteiger partial charge on any atom is -0.457 e. The highest BCUT2D eigenvalue weighted by Gasteiger charge is 2.28. The molecule has 0 fully saturated rings. The second kappa shape index (κ2) is 10.4. The van der Waals surface area contributed by atoms with E-state index in [1.54, 1.807) is 0 Å². The van der Waals surface area contributed by atoms with E-state index in [2.05, 4.69) is 39.8 Å². The molecule has 138 valence electrons. The van der Waals surface area contributed by atoms with Crippen molar-refractivity contribution in [1.29, 1.82) is 0 Å². The van der Waals surface area contributed by atoms with Crippen LogP contribution in [0.1, 0.15) is 60.8 Å². The van der Waals surface area contributed by atoms with Crippen molar-refractivity contribution in [2.75, 3.05) is 0 Å². The predicted octanol–water partition coefficient (Wildman–Crippen LogP) is 5.34. The predicted molar refractivity (Wildman–Crippen MR) is 109 cm³/mol. The van der Waals surface area contributed by atoms with E-state index in [4.69, 9.17) is 4.74 Å². The van der Waals surface area contributed by atoms with Crippen LogP contribution in [0.4, 0.5) is 0 Å². The summed E-state index contributed by atoms with van der Waals surface area (Å²) in [6, 6.07) is 0. The highest BCUT2D eigenvalue weighted by molar-refractivity contribution is 14.0. The fraction of sp³-hybridized carbons (Fsp3) is 0.700. The minimum absolute atomic E-state index is 0. The van der Waals surface area contributed by atoms with E-state index in [-0.39, 0.29) is 47.4 Å². The molecule has 1 heterocycles. The van der Waals surface area contributed by atoms with Crippen molar-refractivity contribution in [3.63, 3.8) is 0 Å². The summed E-state index contributed by atoms with van der Waals surface area (Å²) in [5.41, 5.74) is 0.999. The number of cyclic esters (lactones) is 1. The Morgan fingerprint density at radius 2 is 1.88 bits per heavy atom. The molecular formula is C20H33IO3. The maximum atomic E-state index is 12.2. The van der Waals surface area contributed by atoms with Gasteiger partial charge in [-0.25, -0.2) is 0 Å². The van der Waals surface area contributed by atoms with Gasteiger partial charge in [-0.3, -0.25) is 9.59 Å². The summed E-state index contributed by atoms with van der Waals surface area (Å²) < 4.78 is 5.69. The molecule has 0 radical (unpaired) electrons. The fourth-order valence-corrected chi connectivity index (χ4v) is 2.94. The Morgan fingerprint density at radius 1 is 1.25 bits per heavy atom. The fourth-order valence-electron chi connectivity index (χ4n) is 2.94. The summed E-state index contributed by atoms with van der Waals surface area (Å²) in [5.74, 6) is 0.628. The highest BCUT2D eigenvalue weighted by Crippen LogP contribution is 2.35. The molecule has 4 atom stereocenters. The van der Waals surface area contributed by atoms with Gasteiger partial charge in [0.2, 0.25) is 0 Å². The molecule has 0 amide bonds. The number of halogens is 1. The summed E-state index contributed by atoms with van der Waals surface area (Å²) in [4.78, 5) is 23.0. The lowest BCUT2D eigenvalue weighted by Crippen LogP contribution is -2.28. The molecule has 0 bridgehead atoms. The summed E-state index contributed by atoms with van der Waals surface area (Å²) in [6.07, 6.45) is 8.77. The molecule has 4 heteroatoms. The molecule has 0 saturated heterocycles. The second-order valence-electron chi connectivity index (χ2n) is 7.83. The highest BCUT2D eigenvalue weighted by atomic mass is 127. The van der Waals surface area contributed by atoms with Crippen LogP contribution < -0.4 is 0 Å². The molecule has 3 nitrogen and oxygen atoms in total. The minimum atomic E-state index is -0.370. The van der Waals surface area contributed by atoms with Gasteiger partial charge < -0.3 is 4.74 Å². The van der Waals surface area contributed by atoms with E-state index in [1.165, 1.54) is 6.08 Å². The van der Waals surface area contributed by atoms with Crippen molar-refractivity contribution in [3.05, 3.63) is 23.8 Å². The average molecular weight is 448 g/mol. The number of rotatable bonds is 2. The molecule has 1 aliphatic rings. The quantitative estimate of drug-likeness (QED) is 0.188. The van der Waals surface area contributed by atoms with Gasteiger partial charge in [0, 0.05) is 12.3 Å². The van der Waals surface area contributed by atoms with Gasteiger partial charge in [0.15, 0.2) is 0 Å². The monoisotopic (exact) mass is 448 g/mol. The first-order valence-electron chi connectivity index (χ1n) is 8.67. The van der Waals surface area contributed by atoms with E-state index in [0.717, 1.165) is 24.7 Å². The first kappa shape index (κ1) is 23.4. The van der Waals surface area contributed by atoms with E-state index in [0.29, 0.717) is 18.3 Å². The Kier molecular flexibility index (Phi) is 10.1. The van der Waals surface area contributed by atoms with Crippen molar-refractivity contribution in [3.8, 4) is 0 Å². The normalized spacial score (nSPS) is 33.2. The molecule has 0 N–H and O–H groups in total. The lowest BCUT2D eigenvalue weighted by Gasteiger charge is -2.32. The van der Waals surface area contributed by atoms with Crippen molar-refractivity contribution >= 4 is 36.2 Å². The standard InChI is InChI=1S/C20H32O3.HI/c1-14-9-11-20(5,6)17(4)8-7-15(2)19(16(3)10-12-21)23-18(22)13-14;/h7-8,10,12,14-15,17,19H,9,11,13H2,1-6H3;1H/b8-7+,16-10+;. The van der Waals surface area contributed by atoms with Crippen LogP contribution in [0.5, 0.6) is 0 Å². The van der Waals surface area contributed by atoms with Crippen molar-refractivity contribution in [2.24, 2.45) is 23.2 Å². The number of ether oxygens (including phenoxy) is 1. The summed E-state index contributed by atoms with van der Waals surface area (Å²) in [5, 5.41) is 0. The smallest absolute Gasteiger partial charge is 0.306 e. The number of carbonyl (C=O) groups excluding carboxylic acids is 2. The first-order chi connectivity index (χ1) is 10.7. The van der Waals surface area contributed by atoms with Gasteiger partial charge in [-0.2, -0.15) is 0 Å². The summed E-state index contributed by atoms with van der Waals surface area (Å²) in [6.45, 7) is 12.8. The van der Waals surface area contributed by atoms with Crippen molar-refractivity contribution in [1.82, 2.24) is 0 Å². The number of hydrogen-bond acceptors (Lipinski definition) is 3.